The average Bonchev–Trinajstić information content (AvgIpc) is 2.31. The summed E-state index contributed by atoms with van der Waals surface area (Å²) in [7, 11) is 6.05. The summed E-state index contributed by atoms with van der Waals surface area (Å²) in [4.78, 5) is 0. The Hall–Kier alpha value is 2.56. The van der Waals surface area contributed by atoms with E-state index in [1.807, 2.05) is 0 Å². The lowest BCUT2D eigenvalue weighted by Gasteiger charge is -2.28. The molecule has 0 unspecified atom stereocenters. The third-order valence-corrected chi connectivity index (χ3v) is 8.79. The number of hydrogen-bond donors (Lipinski definition) is 3. The molecule has 1 rings (SSSR count). The Morgan fingerprint density at radius 3 is 1.25 bits per heavy atom. The van der Waals surface area contributed by atoms with Gasteiger partial charge in [0, 0.05) is 34.8 Å². The van der Waals surface area contributed by atoms with E-state index in [9.17, 15) is 0 Å². The van der Waals surface area contributed by atoms with Crippen molar-refractivity contribution in [1.29, 1.82) is 4.78 Å². The van der Waals surface area contributed by atoms with Gasteiger partial charge in [0.25, 0.3) is 0 Å². The quantitative estimate of drug-likeness (QED) is 0.323. The molecule has 0 spiro atoms. The molecular weight excluding hydrogens is 375 g/mol. The second kappa shape index (κ2) is 22.7. The molecule has 0 heterocycles. The molecule has 1 N–H and O–H groups in total. The normalized spacial score (nSPS) is 20.8. The van der Waals surface area contributed by atoms with E-state index in [1.54, 1.807) is 19.7 Å². The SMILES string of the molecule is CC1CC(C)C1.N=S.S=S.SSSSSS. The van der Waals surface area contributed by atoms with Gasteiger partial charge in [0.05, 0.1) is 0 Å². The third-order valence-electron chi connectivity index (χ3n) is 1.70. The van der Waals surface area contributed by atoms with Gasteiger partial charge in [0.2, 0.25) is 0 Å². The zero-order valence-corrected chi connectivity index (χ0v) is 16.3. The van der Waals surface area contributed by atoms with Gasteiger partial charge >= 0.3 is 0 Å². The van der Waals surface area contributed by atoms with E-state index in [0.717, 1.165) is 11.8 Å². The van der Waals surface area contributed by atoms with Crippen molar-refractivity contribution < 1.29 is 0 Å². The summed E-state index contributed by atoms with van der Waals surface area (Å²) in [6, 6.07) is 0. The van der Waals surface area contributed by atoms with E-state index >= 15 is 0 Å². The van der Waals surface area contributed by atoms with Gasteiger partial charge in [0.15, 0.2) is 0 Å². The van der Waals surface area contributed by atoms with Gasteiger partial charge in [-0.2, -0.15) is 0 Å². The van der Waals surface area contributed by atoms with Crippen LogP contribution in [-0.4, -0.2) is 0 Å². The van der Waals surface area contributed by atoms with Crippen molar-refractivity contribution >= 4 is 97.4 Å². The van der Waals surface area contributed by atoms with Crippen molar-refractivity contribution in [3.05, 3.63) is 0 Å². The number of nitrogens with one attached hydrogen (secondary N) is 1. The molecule has 0 aromatic carbocycles. The molecule has 0 radical (unpaired) electrons. The maximum absolute atomic E-state index is 5.33. The van der Waals surface area contributed by atoms with Crippen LogP contribution in [0.3, 0.4) is 0 Å². The lowest BCUT2D eigenvalue weighted by atomic mass is 9.78. The molecule has 0 amide bonds. The highest BCUT2D eigenvalue weighted by atomic mass is 33.9. The monoisotopic (exact) mass is 389 g/mol. The number of hydrogen-bond acceptors (Lipinski definition) is 10. The summed E-state index contributed by atoms with van der Waals surface area (Å²) in [5.74, 6) is 2.08. The van der Waals surface area contributed by atoms with Gasteiger partial charge in [-0.3, -0.25) is 0 Å². The molecule has 1 fully saturated rings. The molecular formula is C6H15NS9. The molecule has 0 atom stereocenters. The van der Waals surface area contributed by atoms with Gasteiger partial charge in [-0.25, -0.2) is 4.78 Å². The van der Waals surface area contributed by atoms with Gasteiger partial charge < -0.3 is 0 Å². The Morgan fingerprint density at radius 1 is 0.938 bits per heavy atom. The Kier molecular flexibility index (Phi) is 33.6. The molecule has 10 heteroatoms. The van der Waals surface area contributed by atoms with Crippen molar-refractivity contribution in [2.45, 2.75) is 26.7 Å². The molecule has 1 saturated carbocycles. The maximum atomic E-state index is 5.33. The van der Waals surface area contributed by atoms with Crippen molar-refractivity contribution in [2.24, 2.45) is 11.8 Å². The van der Waals surface area contributed by atoms with Crippen molar-refractivity contribution in [3.8, 4) is 0 Å². The summed E-state index contributed by atoms with van der Waals surface area (Å²) >= 11 is 18.4. The van der Waals surface area contributed by atoms with Crippen LogP contribution in [0.2, 0.25) is 0 Å². The molecule has 16 heavy (non-hydrogen) atoms. The number of thiol groups is 2. The summed E-state index contributed by atoms with van der Waals surface area (Å²) in [5, 5.41) is 0. The van der Waals surface area contributed by atoms with Crippen LogP contribution < -0.4 is 0 Å². The largest absolute Gasteiger partial charge is 0.235 e. The molecule has 0 bridgehead atoms. The molecule has 98 valence electrons. The molecule has 0 aromatic rings. The third kappa shape index (κ3) is 21.8. The standard InChI is InChI=1S/C6H12.HNS.H2S6.S2/c1-5-3-6(2)4-5;1-2;1-3-5-6-4-2;1-2/h5-6H,3-4H2,1-2H3;1H;1-2H;. The van der Waals surface area contributed by atoms with Gasteiger partial charge in [-0.05, 0) is 64.0 Å². The molecule has 0 saturated heterocycles. The van der Waals surface area contributed by atoms with E-state index in [2.05, 4.69) is 72.0 Å². The Labute approximate surface area is 139 Å². The molecule has 1 aliphatic rings. The van der Waals surface area contributed by atoms with Crippen LogP contribution >= 0.6 is 62.6 Å². The van der Waals surface area contributed by atoms with Crippen LogP contribution in [0.25, 0.3) is 0 Å². The van der Waals surface area contributed by atoms with Crippen molar-refractivity contribution in [3.63, 3.8) is 0 Å². The Bertz CT molecular complexity index is 109. The second-order valence-electron chi connectivity index (χ2n) is 2.97. The maximum Gasteiger partial charge on any atom is 0.0324 e. The van der Waals surface area contributed by atoms with Crippen LogP contribution in [0.4, 0.5) is 0 Å². The van der Waals surface area contributed by atoms with Crippen molar-refractivity contribution in [2.75, 3.05) is 0 Å². The minimum atomic E-state index is 1.04. The van der Waals surface area contributed by atoms with Gasteiger partial charge in [-0.15, -0.1) is 0 Å². The van der Waals surface area contributed by atoms with E-state index < -0.39 is 0 Å². The first kappa shape index (κ1) is 23.6. The minimum Gasteiger partial charge on any atom is -0.235 e. The average molecular weight is 390 g/mol. The smallest absolute Gasteiger partial charge is 0.0324 e. The lowest BCUT2D eigenvalue weighted by Crippen LogP contribution is -2.16. The number of rotatable bonds is 3. The fourth-order valence-electron chi connectivity index (χ4n) is 1.33. The molecule has 0 aliphatic heterocycles. The van der Waals surface area contributed by atoms with E-state index in [1.165, 1.54) is 32.5 Å². The molecule has 1 nitrogen and oxygen atoms in total. The minimum absolute atomic E-state index is 1.04. The highest BCUT2D eigenvalue weighted by Crippen LogP contribution is 2.45. The fourth-order valence-corrected chi connectivity index (χ4v) is 7.34. The van der Waals surface area contributed by atoms with E-state index in [4.69, 9.17) is 4.78 Å². The van der Waals surface area contributed by atoms with Gasteiger partial charge in [0.1, 0.15) is 0 Å². The molecule has 1 aliphatic carbocycles. The van der Waals surface area contributed by atoms with Crippen LogP contribution in [-0.2, 0) is 34.8 Å². The first-order valence-electron chi connectivity index (χ1n) is 4.02. The zero-order valence-electron chi connectivity index (χ0n) is 8.82. The predicted octanol–water partition coefficient (Wildman–Crippen LogP) is 5.70. The first-order chi connectivity index (χ1) is 7.70. The van der Waals surface area contributed by atoms with Gasteiger partial charge in [-0.1, -0.05) is 37.2 Å². The van der Waals surface area contributed by atoms with E-state index in [0.29, 0.717) is 0 Å². The van der Waals surface area contributed by atoms with Crippen LogP contribution in [0, 0.1) is 16.6 Å². The fraction of sp³-hybridized carbons (Fsp3) is 1.00. The Morgan fingerprint density at radius 2 is 1.19 bits per heavy atom. The molecule has 0 aromatic heterocycles. The highest BCUT2D eigenvalue weighted by molar-refractivity contribution is 9.40. The summed E-state index contributed by atoms with van der Waals surface area (Å²) in [6.45, 7) is 4.64. The highest BCUT2D eigenvalue weighted by Gasteiger charge is 2.19. The zero-order chi connectivity index (χ0) is 13.4. The van der Waals surface area contributed by atoms with E-state index in [-0.39, 0.29) is 0 Å². The van der Waals surface area contributed by atoms with Crippen LogP contribution in [0.1, 0.15) is 26.7 Å². The summed E-state index contributed by atoms with van der Waals surface area (Å²) < 4.78 is 5.33. The summed E-state index contributed by atoms with van der Waals surface area (Å²) in [5.41, 5.74) is 0. The predicted molar refractivity (Wildman–Crippen MR) is 101 cm³/mol. The van der Waals surface area contributed by atoms with Crippen LogP contribution in [0.5, 0.6) is 0 Å². The Balaban J connectivity index is -0.000000162. The lowest BCUT2D eigenvalue weighted by molar-refractivity contribution is 0.233. The second-order valence-corrected chi connectivity index (χ2v) is 10.4. The summed E-state index contributed by atoms with van der Waals surface area (Å²) in [6.07, 6.45) is 2.94. The van der Waals surface area contributed by atoms with Crippen LogP contribution in [0.15, 0.2) is 0 Å². The van der Waals surface area contributed by atoms with Crippen molar-refractivity contribution in [1.82, 2.24) is 0 Å². The topological polar surface area (TPSA) is 23.9 Å². The first-order valence-corrected chi connectivity index (χ1v) is 12.7.